The molecule has 4 rings (SSSR count). The maximum atomic E-state index is 12.7. The topological polar surface area (TPSA) is 190 Å². The van der Waals surface area contributed by atoms with Gasteiger partial charge in [0.25, 0.3) is 0 Å². The van der Waals surface area contributed by atoms with Crippen molar-refractivity contribution in [3.63, 3.8) is 0 Å². The summed E-state index contributed by atoms with van der Waals surface area (Å²) in [6.07, 6.45) is -7.61. The van der Waals surface area contributed by atoms with Gasteiger partial charge in [0.2, 0.25) is 11.7 Å². The van der Waals surface area contributed by atoms with Crippen LogP contribution < -0.4 is 10.2 Å². The fraction of sp³-hybridized carbons (Fsp3) is 0.316. The summed E-state index contributed by atoms with van der Waals surface area (Å²) in [5.41, 5.74) is -0.859. The Labute approximate surface area is 167 Å². The van der Waals surface area contributed by atoms with Crippen molar-refractivity contribution in [3.05, 3.63) is 34.5 Å². The van der Waals surface area contributed by atoms with E-state index in [1.807, 2.05) is 0 Å². The largest absolute Gasteiger partial charge is 0.507 e. The first-order valence-corrected chi connectivity index (χ1v) is 8.84. The van der Waals surface area contributed by atoms with Crippen molar-refractivity contribution >= 4 is 21.9 Å². The number of aromatic hydroxyl groups is 3. The molecule has 11 heteroatoms. The van der Waals surface area contributed by atoms with E-state index in [4.69, 9.17) is 13.9 Å². The average Bonchev–Trinajstić information content (AvgIpc) is 2.70. The normalized spacial score (nSPS) is 26.9. The van der Waals surface area contributed by atoms with Crippen molar-refractivity contribution in [1.82, 2.24) is 0 Å². The number of rotatable bonds is 3. The van der Waals surface area contributed by atoms with E-state index in [1.54, 1.807) is 0 Å². The predicted molar refractivity (Wildman–Crippen MR) is 99.4 cm³/mol. The van der Waals surface area contributed by atoms with E-state index in [1.165, 1.54) is 6.07 Å². The van der Waals surface area contributed by atoms with Gasteiger partial charge in [-0.1, -0.05) is 0 Å². The van der Waals surface area contributed by atoms with Crippen LogP contribution in [0, 0.1) is 0 Å². The Hall–Kier alpha value is -3.09. The first-order chi connectivity index (χ1) is 14.2. The molecule has 3 aromatic rings. The first kappa shape index (κ1) is 20.2. The predicted octanol–water partition coefficient (Wildman–Crippen LogP) is -0.758. The van der Waals surface area contributed by atoms with Crippen LogP contribution in [0.25, 0.3) is 21.9 Å². The molecule has 0 radical (unpaired) electrons. The van der Waals surface area contributed by atoms with Crippen molar-refractivity contribution in [2.45, 2.75) is 30.7 Å². The molecule has 2 aromatic carbocycles. The lowest BCUT2D eigenvalue weighted by molar-refractivity contribution is -0.277. The number of ether oxygens (including phenoxy) is 2. The van der Waals surface area contributed by atoms with Gasteiger partial charge in [0.05, 0.1) is 12.0 Å². The standard InChI is InChI=1S/C19H18O11/c20-5-13-16(25)17(26)18(27)19(30-13)28-6-1-10(23)14-12(2-6)29-11-4-9(22)8(21)3-7(11)15(14)24/h1-4,13,16-23,25-27H,5H2/t13?,16-,17-,18?,19-/m1/s1. The molecule has 1 aliphatic heterocycles. The summed E-state index contributed by atoms with van der Waals surface area (Å²) in [7, 11) is 0. The number of phenolic OH excluding ortho intramolecular Hbond substituents is 3. The minimum Gasteiger partial charge on any atom is -0.507 e. The number of hydrogen-bond donors (Lipinski definition) is 7. The van der Waals surface area contributed by atoms with Crippen LogP contribution in [0.2, 0.25) is 0 Å². The Kier molecular flexibility index (Phi) is 4.92. The lowest BCUT2D eigenvalue weighted by atomic mass is 9.99. The zero-order chi connectivity index (χ0) is 21.7. The number of aliphatic hydroxyl groups is 4. The van der Waals surface area contributed by atoms with Crippen LogP contribution >= 0.6 is 0 Å². The van der Waals surface area contributed by atoms with Crippen LogP contribution in [0.3, 0.4) is 0 Å². The third-order valence-corrected chi connectivity index (χ3v) is 4.92. The van der Waals surface area contributed by atoms with Crippen molar-refractivity contribution in [2.75, 3.05) is 6.61 Å². The van der Waals surface area contributed by atoms with Gasteiger partial charge in [0, 0.05) is 18.2 Å². The van der Waals surface area contributed by atoms with Crippen molar-refractivity contribution in [1.29, 1.82) is 0 Å². The molecular formula is C19H18O11. The summed E-state index contributed by atoms with van der Waals surface area (Å²) in [5.74, 6) is -1.69. The third kappa shape index (κ3) is 3.18. The molecule has 30 heavy (non-hydrogen) atoms. The summed E-state index contributed by atoms with van der Waals surface area (Å²) in [5, 5.41) is 68.3. The molecule has 11 nitrogen and oxygen atoms in total. The minimum absolute atomic E-state index is 0.0628. The summed E-state index contributed by atoms with van der Waals surface area (Å²) in [6.45, 7) is -0.648. The quantitative estimate of drug-likeness (QED) is 0.207. The highest BCUT2D eigenvalue weighted by Crippen LogP contribution is 2.35. The lowest BCUT2D eigenvalue weighted by Gasteiger charge is -2.39. The van der Waals surface area contributed by atoms with E-state index in [0.29, 0.717) is 0 Å². The number of benzene rings is 2. The zero-order valence-corrected chi connectivity index (χ0v) is 15.2. The highest BCUT2D eigenvalue weighted by Gasteiger charge is 2.44. The van der Waals surface area contributed by atoms with E-state index in [-0.39, 0.29) is 27.7 Å². The van der Waals surface area contributed by atoms with Gasteiger partial charge in [-0.3, -0.25) is 4.79 Å². The van der Waals surface area contributed by atoms with Gasteiger partial charge in [0.1, 0.15) is 52.5 Å². The van der Waals surface area contributed by atoms with Crippen LogP contribution in [0.1, 0.15) is 0 Å². The van der Waals surface area contributed by atoms with Crippen molar-refractivity contribution < 1.29 is 49.6 Å². The molecule has 0 bridgehead atoms. The Morgan fingerprint density at radius 2 is 1.57 bits per heavy atom. The van der Waals surface area contributed by atoms with Gasteiger partial charge >= 0.3 is 0 Å². The smallest absolute Gasteiger partial charge is 0.229 e. The van der Waals surface area contributed by atoms with Crippen LogP contribution in [0.5, 0.6) is 23.0 Å². The van der Waals surface area contributed by atoms with Crippen LogP contribution in [-0.4, -0.2) is 73.1 Å². The van der Waals surface area contributed by atoms with Gasteiger partial charge in [-0.05, 0) is 6.07 Å². The Morgan fingerprint density at radius 1 is 0.867 bits per heavy atom. The fourth-order valence-electron chi connectivity index (χ4n) is 3.32. The summed E-state index contributed by atoms with van der Waals surface area (Å²) < 4.78 is 16.2. The van der Waals surface area contributed by atoms with Crippen molar-refractivity contribution in [2.24, 2.45) is 0 Å². The van der Waals surface area contributed by atoms with E-state index in [9.17, 15) is 40.5 Å². The van der Waals surface area contributed by atoms with Crippen LogP contribution in [-0.2, 0) is 4.74 Å². The third-order valence-electron chi connectivity index (χ3n) is 4.92. The molecule has 0 aliphatic carbocycles. The molecular weight excluding hydrogens is 404 g/mol. The molecule has 2 unspecified atom stereocenters. The minimum atomic E-state index is -1.68. The fourth-order valence-corrected chi connectivity index (χ4v) is 3.32. The molecule has 0 amide bonds. The van der Waals surface area contributed by atoms with Gasteiger partial charge in [-0.2, -0.15) is 0 Å². The van der Waals surface area contributed by atoms with E-state index >= 15 is 0 Å². The Balaban J connectivity index is 1.77. The molecule has 1 aromatic heterocycles. The number of hydrogen-bond acceptors (Lipinski definition) is 11. The number of aliphatic hydroxyl groups excluding tert-OH is 4. The first-order valence-electron chi connectivity index (χ1n) is 8.84. The molecule has 2 heterocycles. The van der Waals surface area contributed by atoms with Gasteiger partial charge in [-0.15, -0.1) is 0 Å². The molecule has 1 fully saturated rings. The SMILES string of the molecule is O=c1c2cc(O)c(O)cc2oc2cc(O[C@@H]3OC(CO)[C@@H](O)[C@@H](O)C3O)cc(O)c12. The molecule has 0 spiro atoms. The van der Waals surface area contributed by atoms with Crippen LogP contribution in [0.15, 0.2) is 33.5 Å². The molecule has 5 atom stereocenters. The molecule has 160 valence electrons. The number of phenols is 3. The molecule has 7 N–H and O–H groups in total. The van der Waals surface area contributed by atoms with E-state index in [0.717, 1.165) is 18.2 Å². The second kappa shape index (κ2) is 7.31. The van der Waals surface area contributed by atoms with Gasteiger partial charge in [-0.25, -0.2) is 0 Å². The van der Waals surface area contributed by atoms with Gasteiger partial charge < -0.3 is 49.6 Å². The summed E-state index contributed by atoms with van der Waals surface area (Å²) in [6, 6.07) is 4.30. The zero-order valence-electron chi connectivity index (χ0n) is 15.2. The lowest BCUT2D eigenvalue weighted by Crippen LogP contribution is -2.60. The van der Waals surface area contributed by atoms with Crippen LogP contribution in [0.4, 0.5) is 0 Å². The van der Waals surface area contributed by atoms with E-state index < -0.39 is 60.0 Å². The molecule has 0 saturated carbocycles. The number of fused-ring (bicyclic) bond motifs is 2. The Bertz CT molecular complexity index is 1170. The monoisotopic (exact) mass is 422 g/mol. The maximum absolute atomic E-state index is 12.7. The van der Waals surface area contributed by atoms with Gasteiger partial charge in [0.15, 0.2) is 11.5 Å². The summed E-state index contributed by atoms with van der Waals surface area (Å²) in [4.78, 5) is 12.7. The Morgan fingerprint density at radius 3 is 2.27 bits per heavy atom. The van der Waals surface area contributed by atoms with E-state index in [2.05, 4.69) is 0 Å². The average molecular weight is 422 g/mol. The highest BCUT2D eigenvalue weighted by molar-refractivity contribution is 5.94. The molecule has 1 saturated heterocycles. The second-order valence-corrected chi connectivity index (χ2v) is 6.90. The second-order valence-electron chi connectivity index (χ2n) is 6.90. The maximum Gasteiger partial charge on any atom is 0.229 e. The van der Waals surface area contributed by atoms with Crippen molar-refractivity contribution in [3.8, 4) is 23.0 Å². The summed E-state index contributed by atoms with van der Waals surface area (Å²) >= 11 is 0. The molecule has 1 aliphatic rings. The highest BCUT2D eigenvalue weighted by atomic mass is 16.7.